The van der Waals surface area contributed by atoms with Gasteiger partial charge >= 0.3 is 6.03 Å². The van der Waals surface area contributed by atoms with Gasteiger partial charge in [-0.25, -0.2) is 4.79 Å². The normalized spacial score (nSPS) is 21.8. The molecule has 1 aliphatic rings. The zero-order valence-electron chi connectivity index (χ0n) is 9.66. The second-order valence-corrected chi connectivity index (χ2v) is 3.88. The van der Waals surface area contributed by atoms with Crippen molar-refractivity contribution >= 4 is 17.8 Å². The maximum Gasteiger partial charge on any atom is 0.328 e. The highest BCUT2D eigenvalue weighted by molar-refractivity contribution is 6.19. The number of urea groups is 1. The maximum absolute atomic E-state index is 11.9. The smallest absolute Gasteiger partial charge is 0.277 e. The second-order valence-electron chi connectivity index (χ2n) is 3.88. The number of hydrogen-bond donors (Lipinski definition) is 2. The fraction of sp³-hybridized carbons (Fsp3) is 0.545. The Labute approximate surface area is 94.3 Å². The minimum absolute atomic E-state index is 0.254. The first kappa shape index (κ1) is 12.4. The van der Waals surface area contributed by atoms with Gasteiger partial charge < -0.3 is 0 Å². The Morgan fingerprint density at radius 2 is 1.75 bits per heavy atom. The lowest BCUT2D eigenvalue weighted by atomic mass is 9.71. The Balaban J connectivity index is 3.15. The van der Waals surface area contributed by atoms with Crippen LogP contribution in [-0.2, 0) is 9.59 Å². The summed E-state index contributed by atoms with van der Waals surface area (Å²) in [5.41, 5.74) is -1.18. The molecule has 16 heavy (non-hydrogen) atoms. The molecule has 1 aliphatic heterocycles. The van der Waals surface area contributed by atoms with Crippen molar-refractivity contribution < 1.29 is 14.4 Å². The van der Waals surface area contributed by atoms with Crippen LogP contribution < -0.4 is 10.6 Å². The van der Waals surface area contributed by atoms with E-state index in [1.165, 1.54) is 0 Å². The van der Waals surface area contributed by atoms with Crippen molar-refractivity contribution in [1.29, 1.82) is 0 Å². The number of amides is 4. The summed E-state index contributed by atoms with van der Waals surface area (Å²) >= 11 is 0. The van der Waals surface area contributed by atoms with Crippen LogP contribution in [0.5, 0.6) is 0 Å². The molecule has 0 aromatic rings. The Morgan fingerprint density at radius 1 is 1.25 bits per heavy atom. The number of barbiturate groups is 1. The summed E-state index contributed by atoms with van der Waals surface area (Å²) in [5.74, 6) is -1.29. The number of rotatable bonds is 3. The summed E-state index contributed by atoms with van der Waals surface area (Å²) in [6.07, 6.45) is 3.93. The number of imide groups is 2. The molecule has 1 atom stereocenters. The van der Waals surface area contributed by atoms with Crippen molar-refractivity contribution in [1.82, 2.24) is 10.6 Å². The molecule has 5 heteroatoms. The summed E-state index contributed by atoms with van der Waals surface area (Å²) in [6.45, 7) is 5.37. The van der Waals surface area contributed by atoms with Gasteiger partial charge in [0.1, 0.15) is 5.41 Å². The van der Waals surface area contributed by atoms with E-state index in [0.29, 0.717) is 6.42 Å². The fourth-order valence-corrected chi connectivity index (χ4v) is 2.07. The van der Waals surface area contributed by atoms with Gasteiger partial charge in [0.05, 0.1) is 0 Å². The molecule has 0 aromatic heterocycles. The molecule has 0 aromatic carbocycles. The Hall–Kier alpha value is -1.65. The molecule has 0 spiro atoms. The van der Waals surface area contributed by atoms with Crippen LogP contribution in [0.15, 0.2) is 12.2 Å². The number of hydrogen-bond acceptors (Lipinski definition) is 3. The fourth-order valence-electron chi connectivity index (χ4n) is 2.07. The van der Waals surface area contributed by atoms with Crippen LogP contribution in [0.1, 0.15) is 27.2 Å². The lowest BCUT2D eigenvalue weighted by molar-refractivity contribution is -0.147. The van der Waals surface area contributed by atoms with Crippen LogP contribution in [-0.4, -0.2) is 17.8 Å². The molecular formula is C11H16N2O3. The quantitative estimate of drug-likeness (QED) is 0.554. The SMILES string of the molecule is C/C=C/[C@H](C)C1(CC)C(=O)NC(=O)NC1=O. The van der Waals surface area contributed by atoms with E-state index < -0.39 is 23.3 Å². The third-order valence-electron chi connectivity index (χ3n) is 3.08. The van der Waals surface area contributed by atoms with Crippen molar-refractivity contribution in [3.8, 4) is 0 Å². The summed E-state index contributed by atoms with van der Waals surface area (Å²) < 4.78 is 0. The zero-order valence-corrected chi connectivity index (χ0v) is 9.66. The highest BCUT2D eigenvalue weighted by Gasteiger charge is 2.51. The zero-order chi connectivity index (χ0) is 12.3. The summed E-state index contributed by atoms with van der Waals surface area (Å²) in [4.78, 5) is 34.7. The van der Waals surface area contributed by atoms with Crippen LogP contribution in [0.2, 0.25) is 0 Å². The molecule has 88 valence electrons. The summed E-state index contributed by atoms with van der Waals surface area (Å²) in [6, 6.07) is -0.744. The first-order valence-electron chi connectivity index (χ1n) is 5.28. The predicted octanol–water partition coefficient (Wildman–Crippen LogP) is 0.961. The number of allylic oxidation sites excluding steroid dienone is 2. The average Bonchev–Trinajstić information content (AvgIpc) is 2.18. The van der Waals surface area contributed by atoms with Crippen molar-refractivity contribution in [2.45, 2.75) is 27.2 Å². The average molecular weight is 224 g/mol. The monoisotopic (exact) mass is 224 g/mol. The van der Waals surface area contributed by atoms with E-state index in [1.54, 1.807) is 26.0 Å². The lowest BCUT2D eigenvalue weighted by Gasteiger charge is -2.36. The Morgan fingerprint density at radius 3 is 2.12 bits per heavy atom. The van der Waals surface area contributed by atoms with Gasteiger partial charge in [-0.1, -0.05) is 26.0 Å². The highest BCUT2D eigenvalue weighted by atomic mass is 16.2. The topological polar surface area (TPSA) is 75.3 Å². The van der Waals surface area contributed by atoms with Crippen LogP contribution in [0.4, 0.5) is 4.79 Å². The van der Waals surface area contributed by atoms with Gasteiger partial charge in [0.2, 0.25) is 11.8 Å². The van der Waals surface area contributed by atoms with E-state index >= 15 is 0 Å². The Kier molecular flexibility index (Phi) is 3.47. The maximum atomic E-state index is 11.9. The van der Waals surface area contributed by atoms with E-state index in [0.717, 1.165) is 0 Å². The van der Waals surface area contributed by atoms with Gasteiger partial charge in [0.25, 0.3) is 0 Å². The number of carbonyl (C=O) groups is 3. The predicted molar refractivity (Wildman–Crippen MR) is 58.4 cm³/mol. The molecule has 1 rings (SSSR count). The Bertz CT molecular complexity index is 340. The van der Waals surface area contributed by atoms with Gasteiger partial charge in [-0.05, 0) is 19.3 Å². The number of nitrogens with one attached hydrogen (secondary N) is 2. The lowest BCUT2D eigenvalue weighted by Crippen LogP contribution is -2.64. The van der Waals surface area contributed by atoms with Crippen molar-refractivity contribution in [3.63, 3.8) is 0 Å². The molecule has 0 bridgehead atoms. The van der Waals surface area contributed by atoms with E-state index in [4.69, 9.17) is 0 Å². The van der Waals surface area contributed by atoms with E-state index in [2.05, 4.69) is 10.6 Å². The van der Waals surface area contributed by atoms with Gasteiger partial charge in [-0.15, -0.1) is 0 Å². The summed E-state index contributed by atoms with van der Waals surface area (Å²) in [5, 5.41) is 4.29. The molecule has 2 N–H and O–H groups in total. The minimum Gasteiger partial charge on any atom is -0.277 e. The first-order chi connectivity index (χ1) is 7.48. The molecule has 1 heterocycles. The van der Waals surface area contributed by atoms with Crippen molar-refractivity contribution in [2.24, 2.45) is 11.3 Å². The molecule has 0 saturated carbocycles. The molecule has 0 aliphatic carbocycles. The molecule has 1 fully saturated rings. The minimum atomic E-state index is -1.18. The van der Waals surface area contributed by atoms with E-state index in [-0.39, 0.29) is 5.92 Å². The molecule has 1 saturated heterocycles. The molecule has 0 unspecified atom stereocenters. The molecule has 4 amide bonds. The van der Waals surface area contributed by atoms with Gasteiger partial charge in [-0.2, -0.15) is 0 Å². The third kappa shape index (κ3) is 1.73. The highest BCUT2D eigenvalue weighted by Crippen LogP contribution is 2.34. The second kappa shape index (κ2) is 4.47. The van der Waals surface area contributed by atoms with Gasteiger partial charge in [0, 0.05) is 0 Å². The first-order valence-corrected chi connectivity index (χ1v) is 5.28. The third-order valence-corrected chi connectivity index (χ3v) is 3.08. The largest absolute Gasteiger partial charge is 0.328 e. The number of carbonyl (C=O) groups excluding carboxylic acids is 3. The standard InChI is InChI=1S/C11H16N2O3/c1-4-6-7(3)11(5-2)8(14)12-10(16)13-9(11)15/h4,6-7H,5H2,1-3H3,(H2,12,13,14,15,16)/b6-4+/t7-/m0/s1. The van der Waals surface area contributed by atoms with Crippen molar-refractivity contribution in [2.75, 3.05) is 0 Å². The van der Waals surface area contributed by atoms with Gasteiger partial charge in [0.15, 0.2) is 0 Å². The van der Waals surface area contributed by atoms with E-state index in [1.807, 2.05) is 6.92 Å². The van der Waals surface area contributed by atoms with Crippen LogP contribution in [0.25, 0.3) is 0 Å². The van der Waals surface area contributed by atoms with Crippen LogP contribution >= 0.6 is 0 Å². The van der Waals surface area contributed by atoms with E-state index in [9.17, 15) is 14.4 Å². The molecule has 0 radical (unpaired) electrons. The molecule has 5 nitrogen and oxygen atoms in total. The van der Waals surface area contributed by atoms with Crippen molar-refractivity contribution in [3.05, 3.63) is 12.2 Å². The summed E-state index contributed by atoms with van der Waals surface area (Å²) in [7, 11) is 0. The van der Waals surface area contributed by atoms with Crippen LogP contribution in [0, 0.1) is 11.3 Å². The van der Waals surface area contributed by atoms with Gasteiger partial charge in [-0.3, -0.25) is 20.2 Å². The molecular weight excluding hydrogens is 208 g/mol. The van der Waals surface area contributed by atoms with Crippen LogP contribution in [0.3, 0.4) is 0 Å².